The zero-order valence-corrected chi connectivity index (χ0v) is 13.0. The van der Waals surface area contributed by atoms with Crippen molar-refractivity contribution in [3.63, 3.8) is 0 Å². The molecule has 1 aliphatic heterocycles. The Morgan fingerprint density at radius 1 is 1.13 bits per heavy atom. The molecule has 23 heavy (non-hydrogen) atoms. The fourth-order valence-electron chi connectivity index (χ4n) is 2.59. The van der Waals surface area contributed by atoms with Gasteiger partial charge in [0, 0.05) is 30.4 Å². The molecule has 0 bridgehead atoms. The van der Waals surface area contributed by atoms with Crippen molar-refractivity contribution in [2.75, 3.05) is 18.4 Å². The minimum atomic E-state index is -0.0644. The zero-order chi connectivity index (χ0) is 16.2. The Morgan fingerprint density at radius 3 is 2.65 bits per heavy atom. The molecule has 1 N–H and O–H groups in total. The molecular weight excluding hydrogens is 292 g/mol. The van der Waals surface area contributed by atoms with Gasteiger partial charge >= 0.3 is 0 Å². The second-order valence-corrected chi connectivity index (χ2v) is 5.55. The van der Waals surface area contributed by atoms with Crippen LogP contribution in [0.4, 0.5) is 11.5 Å². The number of anilines is 2. The fourth-order valence-corrected chi connectivity index (χ4v) is 2.59. The Hall–Kier alpha value is -2.76. The molecular formula is C17H18N4O2. The molecule has 2 aromatic rings. The van der Waals surface area contributed by atoms with Crippen molar-refractivity contribution in [1.29, 1.82) is 0 Å². The lowest BCUT2D eigenvalue weighted by atomic mass is 10.1. The summed E-state index contributed by atoms with van der Waals surface area (Å²) in [6.07, 6.45) is 3.46. The molecule has 1 saturated heterocycles. The van der Waals surface area contributed by atoms with Gasteiger partial charge < -0.3 is 10.2 Å². The van der Waals surface area contributed by atoms with Gasteiger partial charge in [0.15, 0.2) is 5.78 Å². The van der Waals surface area contributed by atoms with E-state index in [9.17, 15) is 9.59 Å². The number of nitrogens with zero attached hydrogens (tertiary/aromatic N) is 3. The van der Waals surface area contributed by atoms with Gasteiger partial charge in [0.05, 0.1) is 0 Å². The number of carbonyl (C=O) groups is 2. The largest absolute Gasteiger partial charge is 0.340 e. The molecule has 6 nitrogen and oxygen atoms in total. The van der Waals surface area contributed by atoms with Crippen LogP contribution in [-0.4, -0.2) is 39.6 Å². The number of hydrogen-bond donors (Lipinski definition) is 1. The summed E-state index contributed by atoms with van der Waals surface area (Å²) < 4.78 is 0. The van der Waals surface area contributed by atoms with Crippen LogP contribution in [-0.2, 0) is 0 Å². The quantitative estimate of drug-likeness (QED) is 0.879. The van der Waals surface area contributed by atoms with E-state index in [0.717, 1.165) is 31.6 Å². The summed E-state index contributed by atoms with van der Waals surface area (Å²) in [5.74, 6) is 0.468. The van der Waals surface area contributed by atoms with Crippen molar-refractivity contribution >= 4 is 23.2 Å². The third kappa shape index (κ3) is 3.53. The molecule has 0 spiro atoms. The molecule has 3 rings (SSSR count). The molecule has 2 heterocycles. The number of ketones is 1. The number of likely N-dealkylation sites (tertiary alicyclic amines) is 1. The van der Waals surface area contributed by atoms with Gasteiger partial charge in [-0.15, -0.1) is 0 Å². The highest BCUT2D eigenvalue weighted by molar-refractivity contribution is 5.95. The van der Waals surface area contributed by atoms with Gasteiger partial charge in [-0.2, -0.15) is 0 Å². The Balaban J connectivity index is 1.78. The first kappa shape index (κ1) is 15.1. The minimum Gasteiger partial charge on any atom is -0.340 e. The van der Waals surface area contributed by atoms with Gasteiger partial charge in [0.25, 0.3) is 5.91 Å². The van der Waals surface area contributed by atoms with Crippen LogP contribution in [0.2, 0.25) is 0 Å². The summed E-state index contributed by atoms with van der Waals surface area (Å²) in [6, 6.07) is 8.80. The molecule has 6 heteroatoms. The lowest BCUT2D eigenvalue weighted by Crippen LogP contribution is -2.28. The van der Waals surface area contributed by atoms with E-state index >= 15 is 0 Å². The first-order valence-electron chi connectivity index (χ1n) is 7.63. The Bertz CT molecular complexity index is 739. The number of nitrogens with one attached hydrogen (secondary N) is 1. The third-order valence-corrected chi connectivity index (χ3v) is 3.82. The van der Waals surface area contributed by atoms with Crippen LogP contribution in [0.15, 0.2) is 36.7 Å². The smallest absolute Gasteiger partial charge is 0.272 e. The van der Waals surface area contributed by atoms with Crippen molar-refractivity contribution in [2.45, 2.75) is 19.8 Å². The number of carbonyl (C=O) groups excluding carboxylic acids is 2. The molecule has 1 aromatic carbocycles. The van der Waals surface area contributed by atoms with E-state index in [2.05, 4.69) is 15.3 Å². The van der Waals surface area contributed by atoms with E-state index in [1.54, 1.807) is 24.3 Å². The van der Waals surface area contributed by atoms with Crippen LogP contribution in [0.1, 0.15) is 40.6 Å². The molecule has 0 radical (unpaired) electrons. The Kier molecular flexibility index (Phi) is 4.32. The summed E-state index contributed by atoms with van der Waals surface area (Å²) in [5, 5.41) is 3.11. The maximum Gasteiger partial charge on any atom is 0.272 e. The van der Waals surface area contributed by atoms with Gasteiger partial charge in [-0.3, -0.25) is 9.59 Å². The molecule has 1 amide bonds. The fraction of sp³-hybridized carbons (Fsp3) is 0.294. The van der Waals surface area contributed by atoms with Crippen molar-refractivity contribution in [3.8, 4) is 0 Å². The van der Waals surface area contributed by atoms with Crippen LogP contribution in [0.25, 0.3) is 0 Å². The maximum atomic E-state index is 12.4. The standard InChI is InChI=1S/C17H18N4O2/c1-12(22)13-5-4-6-14(9-13)20-16-10-15(18-11-19-16)17(23)21-7-2-3-8-21/h4-6,9-11H,2-3,7-8H2,1H3,(H,18,19,20). The third-order valence-electron chi connectivity index (χ3n) is 3.82. The van der Waals surface area contributed by atoms with Gasteiger partial charge in [0.1, 0.15) is 17.8 Å². The molecule has 1 fully saturated rings. The maximum absolute atomic E-state index is 12.4. The number of hydrogen-bond acceptors (Lipinski definition) is 5. The van der Waals surface area contributed by atoms with E-state index in [1.165, 1.54) is 13.3 Å². The summed E-state index contributed by atoms with van der Waals surface area (Å²) in [5.41, 5.74) is 1.75. The number of aromatic nitrogens is 2. The average Bonchev–Trinajstić information content (AvgIpc) is 3.09. The van der Waals surface area contributed by atoms with Crippen molar-refractivity contribution in [3.05, 3.63) is 47.9 Å². The lowest BCUT2D eigenvalue weighted by Gasteiger charge is -2.14. The molecule has 1 aliphatic rings. The predicted octanol–water partition coefficient (Wildman–Crippen LogP) is 2.66. The first-order valence-corrected chi connectivity index (χ1v) is 7.63. The van der Waals surface area contributed by atoms with E-state index in [0.29, 0.717) is 17.1 Å². The van der Waals surface area contributed by atoms with Crippen LogP contribution < -0.4 is 5.32 Å². The molecule has 1 aromatic heterocycles. The summed E-state index contributed by atoms with van der Waals surface area (Å²) in [7, 11) is 0. The minimum absolute atomic E-state index is 0.00115. The summed E-state index contributed by atoms with van der Waals surface area (Å²) in [4.78, 5) is 33.8. The zero-order valence-electron chi connectivity index (χ0n) is 13.0. The lowest BCUT2D eigenvalue weighted by molar-refractivity contribution is 0.0786. The summed E-state index contributed by atoms with van der Waals surface area (Å²) >= 11 is 0. The average molecular weight is 310 g/mol. The normalized spacial score (nSPS) is 13.9. The molecule has 0 atom stereocenters. The van der Waals surface area contributed by atoms with Crippen molar-refractivity contribution in [1.82, 2.24) is 14.9 Å². The van der Waals surface area contributed by atoms with E-state index < -0.39 is 0 Å². The highest BCUT2D eigenvalue weighted by Crippen LogP contribution is 2.18. The SMILES string of the molecule is CC(=O)c1cccc(Nc2cc(C(=O)N3CCCC3)ncn2)c1. The molecule has 0 unspecified atom stereocenters. The molecule has 0 saturated carbocycles. The van der Waals surface area contributed by atoms with Crippen LogP contribution in [0.3, 0.4) is 0 Å². The van der Waals surface area contributed by atoms with Gasteiger partial charge in [-0.25, -0.2) is 9.97 Å². The molecule has 118 valence electrons. The van der Waals surface area contributed by atoms with Crippen molar-refractivity contribution in [2.24, 2.45) is 0 Å². The summed E-state index contributed by atoms with van der Waals surface area (Å²) in [6.45, 7) is 3.09. The topological polar surface area (TPSA) is 75.2 Å². The van der Waals surface area contributed by atoms with Crippen LogP contribution in [0.5, 0.6) is 0 Å². The highest BCUT2D eigenvalue weighted by atomic mass is 16.2. The second-order valence-electron chi connectivity index (χ2n) is 5.55. The number of rotatable bonds is 4. The first-order chi connectivity index (χ1) is 11.1. The van der Waals surface area contributed by atoms with Crippen molar-refractivity contribution < 1.29 is 9.59 Å². The van der Waals surface area contributed by atoms with Gasteiger partial charge in [0.2, 0.25) is 0 Å². The highest BCUT2D eigenvalue weighted by Gasteiger charge is 2.20. The number of Topliss-reactive ketones (excluding diaryl/α,β-unsaturated/α-hetero) is 1. The Morgan fingerprint density at radius 2 is 1.91 bits per heavy atom. The monoisotopic (exact) mass is 310 g/mol. The van der Waals surface area contributed by atoms with E-state index in [4.69, 9.17) is 0 Å². The Labute approximate surface area is 134 Å². The number of benzene rings is 1. The van der Waals surface area contributed by atoms with E-state index in [1.807, 2.05) is 11.0 Å². The number of amides is 1. The molecule has 0 aliphatic carbocycles. The van der Waals surface area contributed by atoms with Gasteiger partial charge in [-0.05, 0) is 31.9 Å². The van der Waals surface area contributed by atoms with Gasteiger partial charge in [-0.1, -0.05) is 12.1 Å². The second kappa shape index (κ2) is 6.56. The van der Waals surface area contributed by atoms with E-state index in [-0.39, 0.29) is 11.7 Å². The van der Waals surface area contributed by atoms with Crippen LogP contribution in [0, 0.1) is 0 Å². The predicted molar refractivity (Wildman–Crippen MR) is 86.9 cm³/mol. The van der Waals surface area contributed by atoms with Crippen LogP contribution >= 0.6 is 0 Å².